The van der Waals surface area contributed by atoms with Crippen molar-refractivity contribution in [1.82, 2.24) is 5.32 Å². The van der Waals surface area contributed by atoms with Crippen molar-refractivity contribution in [3.63, 3.8) is 0 Å². The first kappa shape index (κ1) is 24.7. The number of benzene rings is 2. The van der Waals surface area contributed by atoms with Crippen LogP contribution >= 0.6 is 11.6 Å². The Morgan fingerprint density at radius 1 is 1.22 bits per heavy atom. The number of carbonyl (C=O) groups is 4. The number of ether oxygens (including phenoxy) is 1. The Labute approximate surface area is 216 Å². The Balaban J connectivity index is 1.65. The van der Waals surface area contributed by atoms with Crippen LogP contribution < -0.4 is 15.1 Å². The largest absolute Gasteiger partial charge is 0.466 e. The fraction of sp³-hybridized carbons (Fsp3) is 0.360. The van der Waals surface area contributed by atoms with Crippen molar-refractivity contribution in [3.05, 3.63) is 63.2 Å². The number of nitro groups is 1. The molecule has 2 aromatic carbocycles. The van der Waals surface area contributed by atoms with Crippen molar-refractivity contribution in [1.29, 1.82) is 0 Å². The molecule has 192 valence electrons. The second-order valence-electron chi connectivity index (χ2n) is 9.28. The molecule has 0 bridgehead atoms. The van der Waals surface area contributed by atoms with Gasteiger partial charge in [0.15, 0.2) is 5.41 Å². The van der Waals surface area contributed by atoms with Gasteiger partial charge < -0.3 is 9.64 Å². The summed E-state index contributed by atoms with van der Waals surface area (Å²) in [6.07, 6.45) is 0.372. The van der Waals surface area contributed by atoms with Crippen molar-refractivity contribution < 1.29 is 28.8 Å². The van der Waals surface area contributed by atoms with Gasteiger partial charge in [0.1, 0.15) is 0 Å². The summed E-state index contributed by atoms with van der Waals surface area (Å²) in [4.78, 5) is 67.1. The average molecular weight is 527 g/mol. The molecule has 2 aromatic rings. The van der Waals surface area contributed by atoms with Crippen LogP contribution in [0.15, 0.2) is 42.5 Å². The third kappa shape index (κ3) is 3.90. The number of fused-ring (bicyclic) bond motifs is 4. The number of hydrogen-bond acceptors (Lipinski definition) is 8. The van der Waals surface area contributed by atoms with Crippen LogP contribution in [0.1, 0.15) is 25.3 Å². The minimum absolute atomic E-state index is 0.136. The molecule has 3 aliphatic heterocycles. The molecule has 0 unspecified atom stereocenters. The van der Waals surface area contributed by atoms with Gasteiger partial charge >= 0.3 is 12.0 Å². The van der Waals surface area contributed by atoms with Gasteiger partial charge in [0, 0.05) is 35.8 Å². The smallest absolute Gasteiger partial charge is 0.335 e. The Kier molecular flexibility index (Phi) is 6.10. The third-order valence-corrected chi connectivity index (χ3v) is 7.59. The van der Waals surface area contributed by atoms with Crippen LogP contribution in [-0.4, -0.2) is 47.9 Å². The van der Waals surface area contributed by atoms with Crippen molar-refractivity contribution in [2.45, 2.75) is 32.2 Å². The second kappa shape index (κ2) is 9.15. The summed E-state index contributed by atoms with van der Waals surface area (Å²) < 4.78 is 5.23. The molecule has 0 aliphatic carbocycles. The molecular weight excluding hydrogens is 504 g/mol. The summed E-state index contributed by atoms with van der Waals surface area (Å²) in [5.41, 5.74) is -0.690. The Bertz CT molecular complexity index is 1330. The summed E-state index contributed by atoms with van der Waals surface area (Å²) >= 11 is 5.98. The number of carbonyl (C=O) groups excluding carboxylic acids is 4. The molecule has 5 rings (SSSR count). The summed E-state index contributed by atoms with van der Waals surface area (Å²) in [6, 6.07) is 8.65. The molecule has 3 atom stereocenters. The highest BCUT2D eigenvalue weighted by Gasteiger charge is 2.63. The van der Waals surface area contributed by atoms with Crippen molar-refractivity contribution in [3.8, 4) is 0 Å². The number of non-ortho nitro benzene ring substituents is 1. The molecule has 37 heavy (non-hydrogen) atoms. The van der Waals surface area contributed by atoms with Crippen LogP contribution in [0.5, 0.6) is 0 Å². The maximum atomic E-state index is 14.2. The van der Waals surface area contributed by atoms with Gasteiger partial charge in [-0.25, -0.2) is 9.69 Å². The van der Waals surface area contributed by atoms with Crippen molar-refractivity contribution >= 4 is 52.5 Å². The zero-order valence-electron chi connectivity index (χ0n) is 19.8. The van der Waals surface area contributed by atoms with Crippen LogP contribution in [0.25, 0.3) is 0 Å². The van der Waals surface area contributed by atoms with E-state index in [9.17, 15) is 29.3 Å². The highest BCUT2D eigenvalue weighted by molar-refractivity contribution is 6.32. The standard InChI is InChI=1S/C25H23ClN4O7/c1-2-37-21(31)14-9-10-28-19-8-7-18(30(35)36)11-15(19)13-25(20(28)12-14)22(32)27-24(34)29(23(25)33)17-5-3-16(26)4-6-17/h3-8,11,14,20H,2,9-10,12-13H2,1H3,(H,27,32,34)/t14-,20+,25+/m1/s1. The minimum Gasteiger partial charge on any atom is -0.466 e. The van der Waals surface area contributed by atoms with Gasteiger partial charge in [0.05, 0.1) is 29.2 Å². The predicted molar refractivity (Wildman–Crippen MR) is 132 cm³/mol. The number of amides is 4. The van der Waals surface area contributed by atoms with Gasteiger partial charge in [0.25, 0.3) is 11.6 Å². The number of imide groups is 2. The molecule has 2 saturated heterocycles. The molecule has 0 radical (unpaired) electrons. The van der Waals surface area contributed by atoms with Crippen LogP contribution in [0.2, 0.25) is 5.02 Å². The lowest BCUT2D eigenvalue weighted by Crippen LogP contribution is -2.73. The number of piperidine rings is 1. The van der Waals surface area contributed by atoms with Gasteiger partial charge in [-0.15, -0.1) is 0 Å². The Morgan fingerprint density at radius 2 is 1.95 bits per heavy atom. The number of nitrogens with one attached hydrogen (secondary N) is 1. The Morgan fingerprint density at radius 3 is 2.62 bits per heavy atom. The van der Waals surface area contributed by atoms with E-state index in [1.807, 2.05) is 4.90 Å². The van der Waals surface area contributed by atoms with E-state index in [0.717, 1.165) is 4.90 Å². The highest BCUT2D eigenvalue weighted by atomic mass is 35.5. The molecule has 2 fully saturated rings. The molecule has 1 spiro atoms. The monoisotopic (exact) mass is 526 g/mol. The van der Waals surface area contributed by atoms with E-state index in [4.69, 9.17) is 16.3 Å². The van der Waals surface area contributed by atoms with E-state index < -0.39 is 46.1 Å². The normalized spacial score (nSPS) is 24.9. The zero-order chi connectivity index (χ0) is 26.5. The number of urea groups is 1. The number of barbiturate groups is 1. The fourth-order valence-electron chi connectivity index (χ4n) is 5.65. The quantitative estimate of drug-likeness (QED) is 0.277. The van der Waals surface area contributed by atoms with Gasteiger partial charge in [0.2, 0.25) is 5.91 Å². The number of nitro benzene ring substituents is 1. The molecular formula is C25H23ClN4O7. The molecule has 4 amide bonds. The maximum absolute atomic E-state index is 14.2. The molecule has 0 saturated carbocycles. The highest BCUT2D eigenvalue weighted by Crippen LogP contribution is 2.49. The summed E-state index contributed by atoms with van der Waals surface area (Å²) in [5.74, 6) is -2.54. The van der Waals surface area contributed by atoms with Gasteiger partial charge in [-0.05, 0) is 55.7 Å². The first-order valence-electron chi connectivity index (χ1n) is 11.8. The topological polar surface area (TPSA) is 139 Å². The van der Waals surface area contributed by atoms with Crippen molar-refractivity contribution in [2.75, 3.05) is 23.0 Å². The molecule has 12 heteroatoms. The molecule has 3 aliphatic rings. The summed E-state index contributed by atoms with van der Waals surface area (Å²) in [6.45, 7) is 2.21. The first-order chi connectivity index (χ1) is 17.7. The van der Waals surface area contributed by atoms with E-state index in [0.29, 0.717) is 29.2 Å². The molecule has 11 nitrogen and oxygen atoms in total. The van der Waals surface area contributed by atoms with Crippen LogP contribution in [-0.2, 0) is 25.5 Å². The van der Waals surface area contributed by atoms with Gasteiger partial charge in [-0.3, -0.25) is 29.8 Å². The lowest BCUT2D eigenvalue weighted by Gasteiger charge is -2.54. The summed E-state index contributed by atoms with van der Waals surface area (Å²) in [5, 5.41) is 14.2. The zero-order valence-corrected chi connectivity index (χ0v) is 20.6. The second-order valence-corrected chi connectivity index (χ2v) is 9.71. The Hall–Kier alpha value is -3.99. The predicted octanol–water partition coefficient (Wildman–Crippen LogP) is 3.22. The average Bonchev–Trinajstić information content (AvgIpc) is 2.87. The number of rotatable bonds is 4. The third-order valence-electron chi connectivity index (χ3n) is 7.34. The summed E-state index contributed by atoms with van der Waals surface area (Å²) in [7, 11) is 0. The number of nitrogens with zero attached hydrogens (tertiary/aromatic N) is 3. The van der Waals surface area contributed by atoms with E-state index in [1.54, 1.807) is 13.0 Å². The number of hydrogen-bond donors (Lipinski definition) is 1. The lowest BCUT2D eigenvalue weighted by molar-refractivity contribution is -0.384. The number of halogens is 1. The molecule has 3 heterocycles. The van der Waals surface area contributed by atoms with Gasteiger partial charge in [-0.2, -0.15) is 0 Å². The fourth-order valence-corrected chi connectivity index (χ4v) is 5.77. The van der Waals surface area contributed by atoms with E-state index in [1.165, 1.54) is 36.4 Å². The number of esters is 1. The SMILES string of the molecule is CCOC(=O)[C@@H]1CCN2c3ccc([N+](=O)[O-])cc3C[C@@]3(C(=O)NC(=O)N(c4ccc(Cl)cc4)C3=O)[C@@H]2C1. The molecule has 0 aromatic heterocycles. The minimum atomic E-state index is -1.82. The van der Waals surface area contributed by atoms with Crippen LogP contribution in [0.3, 0.4) is 0 Å². The van der Waals surface area contributed by atoms with E-state index >= 15 is 0 Å². The van der Waals surface area contributed by atoms with Crippen LogP contribution in [0.4, 0.5) is 21.9 Å². The first-order valence-corrected chi connectivity index (χ1v) is 12.2. The van der Waals surface area contributed by atoms with E-state index in [2.05, 4.69) is 5.32 Å². The molecule has 1 N–H and O–H groups in total. The maximum Gasteiger partial charge on any atom is 0.335 e. The van der Waals surface area contributed by atoms with Crippen molar-refractivity contribution in [2.24, 2.45) is 11.3 Å². The lowest BCUT2D eigenvalue weighted by atomic mass is 9.64. The van der Waals surface area contributed by atoms with E-state index in [-0.39, 0.29) is 30.8 Å². The van der Waals surface area contributed by atoms with Gasteiger partial charge in [-0.1, -0.05) is 11.6 Å². The van der Waals surface area contributed by atoms with Crippen LogP contribution in [0, 0.1) is 21.4 Å². The number of anilines is 2.